The van der Waals surface area contributed by atoms with Crippen LogP contribution in [0, 0.1) is 18.8 Å². The van der Waals surface area contributed by atoms with Crippen molar-refractivity contribution in [2.45, 2.75) is 33.0 Å². The van der Waals surface area contributed by atoms with E-state index in [4.69, 9.17) is 0 Å². The molecule has 0 bridgehead atoms. The summed E-state index contributed by atoms with van der Waals surface area (Å²) < 4.78 is 40.8. The van der Waals surface area contributed by atoms with E-state index in [1.807, 2.05) is 29.7 Å². The van der Waals surface area contributed by atoms with Crippen molar-refractivity contribution in [1.29, 1.82) is 0 Å². The van der Waals surface area contributed by atoms with Gasteiger partial charge in [0.2, 0.25) is 0 Å². The largest absolute Gasteiger partial charge is 0.416 e. The lowest BCUT2D eigenvalue weighted by atomic mass is 9.99. The van der Waals surface area contributed by atoms with Crippen LogP contribution in [0.4, 0.5) is 13.2 Å². The molecule has 0 atom stereocenters. The Kier molecular flexibility index (Phi) is 6.01. The third-order valence-electron chi connectivity index (χ3n) is 5.35. The molecule has 0 saturated carbocycles. The summed E-state index contributed by atoms with van der Waals surface area (Å²) in [4.78, 5) is 21.0. The highest BCUT2D eigenvalue weighted by molar-refractivity contribution is 5.97. The van der Waals surface area contributed by atoms with Gasteiger partial charge in [0.25, 0.3) is 0 Å². The van der Waals surface area contributed by atoms with Gasteiger partial charge in [-0.1, -0.05) is 24.0 Å². The number of imidazole rings is 1. The highest BCUT2D eigenvalue weighted by Gasteiger charge is 2.30. The third kappa shape index (κ3) is 4.96. The van der Waals surface area contributed by atoms with E-state index in [1.165, 1.54) is 0 Å². The molecule has 33 heavy (non-hydrogen) atoms. The number of hydrogen-bond donors (Lipinski definition) is 0. The molecule has 166 valence electrons. The smallest absolute Gasteiger partial charge is 0.331 e. The molecule has 7 heteroatoms. The molecule has 2 heterocycles. The fourth-order valence-corrected chi connectivity index (χ4v) is 3.48. The molecule has 2 aromatic heterocycles. The van der Waals surface area contributed by atoms with Crippen LogP contribution >= 0.6 is 0 Å². The predicted molar refractivity (Wildman–Crippen MR) is 120 cm³/mol. The van der Waals surface area contributed by atoms with Gasteiger partial charge in [-0.05, 0) is 55.8 Å². The van der Waals surface area contributed by atoms with Gasteiger partial charge in [-0.15, -0.1) is 0 Å². The number of pyridine rings is 1. The maximum atomic E-state index is 12.9. The Morgan fingerprint density at radius 1 is 1.03 bits per heavy atom. The molecule has 2 aromatic carbocycles. The minimum Gasteiger partial charge on any atom is -0.331 e. The van der Waals surface area contributed by atoms with E-state index in [2.05, 4.69) is 28.7 Å². The molecule has 0 fully saturated rings. The molecular formula is C26H20F3N3O. The van der Waals surface area contributed by atoms with Gasteiger partial charge in [0, 0.05) is 35.1 Å². The lowest BCUT2D eigenvalue weighted by Gasteiger charge is -2.08. The Morgan fingerprint density at radius 3 is 2.61 bits per heavy atom. The number of fused-ring (bicyclic) bond motifs is 1. The highest BCUT2D eigenvalue weighted by atomic mass is 19.4. The molecule has 0 spiro atoms. The van der Waals surface area contributed by atoms with Crippen LogP contribution in [0.15, 0.2) is 61.1 Å². The molecule has 0 N–H and O–H groups in total. The number of benzene rings is 2. The molecule has 4 aromatic rings. The van der Waals surface area contributed by atoms with E-state index < -0.39 is 11.7 Å². The summed E-state index contributed by atoms with van der Waals surface area (Å²) in [6, 6.07) is 12.7. The number of hydrogen-bond acceptors (Lipinski definition) is 3. The quantitative estimate of drug-likeness (QED) is 0.302. The van der Waals surface area contributed by atoms with Crippen molar-refractivity contribution < 1.29 is 18.0 Å². The van der Waals surface area contributed by atoms with Crippen molar-refractivity contribution in [2.24, 2.45) is 0 Å². The van der Waals surface area contributed by atoms with Gasteiger partial charge in [0.15, 0.2) is 5.78 Å². The minimum atomic E-state index is -4.48. The molecular weight excluding hydrogens is 427 g/mol. The van der Waals surface area contributed by atoms with E-state index in [1.54, 1.807) is 24.5 Å². The topological polar surface area (TPSA) is 47.8 Å². The van der Waals surface area contributed by atoms with Crippen molar-refractivity contribution in [3.05, 3.63) is 94.6 Å². The molecule has 4 rings (SSSR count). The van der Waals surface area contributed by atoms with Crippen LogP contribution in [0.3, 0.4) is 0 Å². The maximum Gasteiger partial charge on any atom is 0.416 e. The second-order valence-electron chi connectivity index (χ2n) is 7.65. The molecule has 4 nitrogen and oxygen atoms in total. The summed E-state index contributed by atoms with van der Waals surface area (Å²) in [5, 5.41) is 0. The van der Waals surface area contributed by atoms with Crippen LogP contribution in [0.5, 0.6) is 0 Å². The van der Waals surface area contributed by atoms with Gasteiger partial charge >= 0.3 is 6.18 Å². The van der Waals surface area contributed by atoms with Gasteiger partial charge in [-0.3, -0.25) is 9.78 Å². The predicted octanol–water partition coefficient (Wildman–Crippen LogP) is 5.60. The number of alkyl halides is 3. The van der Waals surface area contributed by atoms with Crippen LogP contribution in [0.1, 0.15) is 45.2 Å². The zero-order valence-electron chi connectivity index (χ0n) is 18.1. The van der Waals surface area contributed by atoms with Crippen LogP contribution in [0.2, 0.25) is 0 Å². The standard InChI is InChI=1S/C26H20F3N3O/c1-3-32-16-31-23-12-18(6-9-24(23)32)5-8-19-13-20(7-4-17(19)2)25(33)15-22-14-21(10-11-30-22)26(27,28)29/h4,6-7,9-14,16H,3,15H2,1-2H3. The summed E-state index contributed by atoms with van der Waals surface area (Å²) in [5.74, 6) is 5.89. The lowest BCUT2D eigenvalue weighted by Crippen LogP contribution is -2.09. The number of ketones is 1. The Labute approximate surface area is 189 Å². The number of Topliss-reactive ketones (excluding diaryl/α,β-unsaturated/α-hetero) is 1. The zero-order valence-corrected chi connectivity index (χ0v) is 18.1. The summed E-state index contributed by atoms with van der Waals surface area (Å²) in [7, 11) is 0. The summed E-state index contributed by atoms with van der Waals surface area (Å²) in [6.45, 7) is 4.77. The van der Waals surface area contributed by atoms with Crippen molar-refractivity contribution in [1.82, 2.24) is 14.5 Å². The van der Waals surface area contributed by atoms with E-state index in [-0.39, 0.29) is 17.9 Å². The summed E-state index contributed by atoms with van der Waals surface area (Å²) in [6.07, 6.45) is -1.85. The zero-order chi connectivity index (χ0) is 23.6. The van der Waals surface area contributed by atoms with Gasteiger partial charge in [-0.25, -0.2) is 4.98 Å². The molecule has 0 aliphatic rings. The van der Waals surface area contributed by atoms with Crippen LogP contribution in [-0.2, 0) is 19.1 Å². The Morgan fingerprint density at radius 2 is 1.85 bits per heavy atom. The molecule has 0 amide bonds. The van der Waals surface area contributed by atoms with Gasteiger partial charge in [0.05, 0.1) is 29.3 Å². The number of rotatable bonds is 4. The van der Waals surface area contributed by atoms with Crippen LogP contribution in [-0.4, -0.2) is 20.3 Å². The molecule has 0 radical (unpaired) electrons. The maximum absolute atomic E-state index is 12.9. The Bertz CT molecular complexity index is 1410. The van der Waals surface area contributed by atoms with Gasteiger partial charge in [-0.2, -0.15) is 13.2 Å². The van der Waals surface area contributed by atoms with Crippen molar-refractivity contribution in [2.75, 3.05) is 0 Å². The average molecular weight is 447 g/mol. The SMILES string of the molecule is CCn1cnc2cc(C#Cc3cc(C(=O)Cc4cc(C(F)(F)F)ccn4)ccc3C)ccc21. The molecule has 0 aliphatic carbocycles. The second kappa shape index (κ2) is 8.91. The van der Waals surface area contributed by atoms with Crippen LogP contribution < -0.4 is 0 Å². The fraction of sp³-hybridized carbons (Fsp3) is 0.192. The first-order valence-electron chi connectivity index (χ1n) is 10.4. The number of aromatic nitrogens is 3. The minimum absolute atomic E-state index is 0.0721. The number of halogens is 3. The van der Waals surface area contributed by atoms with Crippen LogP contribution in [0.25, 0.3) is 11.0 Å². The van der Waals surface area contributed by atoms with Crippen molar-refractivity contribution in [3.63, 3.8) is 0 Å². The third-order valence-corrected chi connectivity index (χ3v) is 5.35. The van der Waals surface area contributed by atoms with E-state index in [9.17, 15) is 18.0 Å². The second-order valence-corrected chi connectivity index (χ2v) is 7.65. The van der Waals surface area contributed by atoms with Gasteiger partial charge in [0.1, 0.15) is 0 Å². The van der Waals surface area contributed by atoms with Crippen molar-refractivity contribution >= 4 is 16.8 Å². The summed E-state index contributed by atoms with van der Waals surface area (Å²) in [5.41, 5.74) is 3.89. The fourth-order valence-electron chi connectivity index (χ4n) is 3.48. The first-order valence-corrected chi connectivity index (χ1v) is 10.4. The Hall–Kier alpha value is -3.92. The first kappa shape index (κ1) is 22.3. The molecule has 0 aliphatic heterocycles. The first-order chi connectivity index (χ1) is 15.7. The number of nitrogens with zero attached hydrogens (tertiary/aromatic N) is 3. The Balaban J connectivity index is 1.57. The van der Waals surface area contributed by atoms with Crippen molar-refractivity contribution in [3.8, 4) is 11.8 Å². The van der Waals surface area contributed by atoms with Gasteiger partial charge < -0.3 is 4.57 Å². The molecule has 0 unspecified atom stereocenters. The van der Waals surface area contributed by atoms with E-state index >= 15 is 0 Å². The lowest BCUT2D eigenvalue weighted by molar-refractivity contribution is -0.137. The average Bonchev–Trinajstić information content (AvgIpc) is 3.20. The highest BCUT2D eigenvalue weighted by Crippen LogP contribution is 2.29. The normalized spacial score (nSPS) is 11.3. The monoisotopic (exact) mass is 447 g/mol. The van der Waals surface area contributed by atoms with E-state index in [0.29, 0.717) is 11.1 Å². The number of carbonyl (C=O) groups excluding carboxylic acids is 1. The number of carbonyl (C=O) groups is 1. The number of aryl methyl sites for hydroxylation is 2. The summed E-state index contributed by atoms with van der Waals surface area (Å²) >= 11 is 0. The molecule has 0 saturated heterocycles. The van der Waals surface area contributed by atoms with E-state index in [0.717, 1.165) is 47.0 Å².